The quantitative estimate of drug-likeness (QED) is 0.273. The summed E-state index contributed by atoms with van der Waals surface area (Å²) in [4.78, 5) is 51.0. The van der Waals surface area contributed by atoms with Gasteiger partial charge in [0.1, 0.15) is 0 Å². The second-order valence-electron chi connectivity index (χ2n) is 10.0. The Morgan fingerprint density at radius 3 is 2.41 bits per heavy atom. The molecule has 1 saturated heterocycles. The molecule has 6 atom stereocenters. The van der Waals surface area contributed by atoms with Crippen LogP contribution in [-0.4, -0.2) is 57.5 Å². The third-order valence-electron chi connectivity index (χ3n) is 7.74. The summed E-state index contributed by atoms with van der Waals surface area (Å²) < 4.78 is 11.8. The Morgan fingerprint density at radius 1 is 1.08 bits per heavy atom. The minimum atomic E-state index is -0.521. The molecule has 0 N–H and O–H groups in total. The lowest BCUT2D eigenvalue weighted by Crippen LogP contribution is -2.35. The fraction of sp³-hybridized carbons (Fsp3) is 0.481. The van der Waals surface area contributed by atoms with E-state index in [4.69, 9.17) is 9.47 Å². The van der Waals surface area contributed by atoms with Crippen molar-refractivity contribution in [2.24, 2.45) is 29.6 Å². The SMILES string of the molecule is COC(=O)C(C)CC(c1ccccc1)n1cc(CCC(=O)OCN2C(=O)[C@@H]3C4C=CC(C4)[C@@H]3C2=O)nn1. The number of carbonyl (C=O) groups excluding carboxylic acids is 4. The number of nitrogens with zero attached hydrogens (tertiary/aromatic N) is 4. The molecule has 5 rings (SSSR count). The molecule has 4 unspecified atom stereocenters. The minimum absolute atomic E-state index is 0.0309. The van der Waals surface area contributed by atoms with Gasteiger partial charge in [0, 0.05) is 12.6 Å². The summed E-state index contributed by atoms with van der Waals surface area (Å²) in [5, 5.41) is 8.44. The first-order valence-electron chi connectivity index (χ1n) is 12.6. The normalized spacial score (nSPS) is 25.3. The van der Waals surface area contributed by atoms with Gasteiger partial charge in [-0.25, -0.2) is 9.58 Å². The molecule has 2 heterocycles. The van der Waals surface area contributed by atoms with Crippen LogP contribution in [0.4, 0.5) is 0 Å². The Labute approximate surface area is 214 Å². The van der Waals surface area contributed by atoms with E-state index in [0.29, 0.717) is 12.1 Å². The van der Waals surface area contributed by atoms with Gasteiger partial charge in [-0.1, -0.05) is 54.6 Å². The van der Waals surface area contributed by atoms with Crippen molar-refractivity contribution < 1.29 is 28.7 Å². The Morgan fingerprint density at radius 2 is 1.76 bits per heavy atom. The second kappa shape index (κ2) is 10.3. The number of aryl methyl sites for hydroxylation is 1. The lowest BCUT2D eigenvalue weighted by atomic mass is 9.85. The standard InChI is InChI=1S/C27H30N4O6/c1-16(27(35)36-2)12-21(17-6-4-3-5-7-17)31-14-20(28-29-31)10-11-22(32)37-15-30-25(33)23-18-8-9-19(13-18)24(23)26(30)34/h3-9,14,16,18-19,21,23-24H,10-13,15H2,1-2H3/t16?,18?,19?,21?,23-,24+. The predicted octanol–water partition coefficient (Wildman–Crippen LogP) is 2.31. The molecule has 0 radical (unpaired) electrons. The molecule has 1 saturated carbocycles. The molecule has 194 valence electrons. The largest absolute Gasteiger partial charge is 0.469 e. The van der Waals surface area contributed by atoms with Gasteiger partial charge in [-0.05, 0) is 30.2 Å². The Hall–Kier alpha value is -3.82. The van der Waals surface area contributed by atoms with E-state index in [0.717, 1.165) is 16.9 Å². The molecule has 10 heteroatoms. The van der Waals surface area contributed by atoms with E-state index in [2.05, 4.69) is 10.3 Å². The molecule has 37 heavy (non-hydrogen) atoms. The first-order chi connectivity index (χ1) is 17.9. The molecule has 2 aliphatic carbocycles. The summed E-state index contributed by atoms with van der Waals surface area (Å²) in [5.41, 5.74) is 1.57. The summed E-state index contributed by atoms with van der Waals surface area (Å²) in [7, 11) is 1.37. The monoisotopic (exact) mass is 506 g/mol. The number of benzene rings is 1. The van der Waals surface area contributed by atoms with Crippen LogP contribution in [0.2, 0.25) is 0 Å². The van der Waals surface area contributed by atoms with Gasteiger partial charge in [-0.2, -0.15) is 0 Å². The van der Waals surface area contributed by atoms with Crippen LogP contribution in [0.25, 0.3) is 0 Å². The number of allylic oxidation sites excluding steroid dienone is 2. The molecule has 1 aromatic carbocycles. The number of fused-ring (bicyclic) bond motifs is 5. The summed E-state index contributed by atoms with van der Waals surface area (Å²) in [6.07, 6.45) is 7.45. The van der Waals surface area contributed by atoms with Crippen molar-refractivity contribution in [3.63, 3.8) is 0 Å². The summed E-state index contributed by atoms with van der Waals surface area (Å²) in [6, 6.07) is 9.44. The number of aromatic nitrogens is 3. The van der Waals surface area contributed by atoms with Crippen LogP contribution in [0, 0.1) is 29.6 Å². The van der Waals surface area contributed by atoms with Crippen LogP contribution < -0.4 is 0 Å². The predicted molar refractivity (Wildman–Crippen MR) is 129 cm³/mol. The summed E-state index contributed by atoms with van der Waals surface area (Å²) in [5.74, 6) is -2.04. The zero-order valence-electron chi connectivity index (χ0n) is 20.9. The van der Waals surface area contributed by atoms with Gasteiger partial charge in [0.15, 0.2) is 6.73 Å². The lowest BCUT2D eigenvalue weighted by molar-refractivity contribution is -0.156. The van der Waals surface area contributed by atoms with Crippen LogP contribution in [0.1, 0.15) is 43.5 Å². The van der Waals surface area contributed by atoms with Gasteiger partial charge in [0.05, 0.1) is 43.0 Å². The van der Waals surface area contributed by atoms with E-state index in [1.807, 2.05) is 42.5 Å². The topological polar surface area (TPSA) is 121 Å². The number of carbonyl (C=O) groups is 4. The Balaban J connectivity index is 1.16. The van der Waals surface area contributed by atoms with Gasteiger partial charge in [0.2, 0.25) is 11.8 Å². The molecule has 2 fully saturated rings. The second-order valence-corrected chi connectivity index (χ2v) is 10.0. The maximum Gasteiger partial charge on any atom is 0.308 e. The number of hydrogen-bond donors (Lipinski definition) is 0. The van der Waals surface area contributed by atoms with E-state index in [1.54, 1.807) is 17.8 Å². The summed E-state index contributed by atoms with van der Waals surface area (Å²) in [6.45, 7) is 1.46. The fourth-order valence-electron chi connectivity index (χ4n) is 5.81. The number of ether oxygens (including phenoxy) is 2. The molecule has 3 aliphatic rings. The van der Waals surface area contributed by atoms with E-state index < -0.39 is 5.97 Å². The van der Waals surface area contributed by atoms with Crippen LogP contribution in [0.5, 0.6) is 0 Å². The number of likely N-dealkylation sites (tertiary alicyclic amines) is 1. The molecule has 2 aromatic rings. The Bertz CT molecular complexity index is 1190. The van der Waals surface area contributed by atoms with E-state index in [9.17, 15) is 19.2 Å². The molecule has 1 aliphatic heterocycles. The minimum Gasteiger partial charge on any atom is -0.469 e. The summed E-state index contributed by atoms with van der Waals surface area (Å²) >= 11 is 0. The first kappa shape index (κ1) is 24.9. The maximum atomic E-state index is 12.7. The molecule has 10 nitrogen and oxygen atoms in total. The number of hydrogen-bond acceptors (Lipinski definition) is 8. The van der Waals surface area contributed by atoms with Crippen LogP contribution in [-0.2, 0) is 35.1 Å². The third-order valence-corrected chi connectivity index (χ3v) is 7.74. The molecule has 1 aromatic heterocycles. The van der Waals surface area contributed by atoms with Gasteiger partial charge in [-0.15, -0.1) is 5.10 Å². The third kappa shape index (κ3) is 4.80. The van der Waals surface area contributed by atoms with E-state index in [-0.39, 0.29) is 73.0 Å². The average molecular weight is 507 g/mol. The van der Waals surface area contributed by atoms with Crippen molar-refractivity contribution in [3.8, 4) is 0 Å². The molecule has 0 spiro atoms. The van der Waals surface area contributed by atoms with Crippen LogP contribution in [0.15, 0.2) is 48.7 Å². The molecular weight excluding hydrogens is 476 g/mol. The number of esters is 2. The smallest absolute Gasteiger partial charge is 0.308 e. The molecular formula is C27H30N4O6. The Kier molecular flexibility index (Phi) is 6.90. The van der Waals surface area contributed by atoms with Gasteiger partial charge in [-0.3, -0.25) is 19.2 Å². The van der Waals surface area contributed by atoms with Crippen LogP contribution >= 0.6 is 0 Å². The highest BCUT2D eigenvalue weighted by Gasteiger charge is 2.59. The molecule has 2 bridgehead atoms. The van der Waals surface area contributed by atoms with Gasteiger partial charge in [0.25, 0.3) is 0 Å². The van der Waals surface area contributed by atoms with Crippen molar-refractivity contribution in [1.29, 1.82) is 0 Å². The fourth-order valence-corrected chi connectivity index (χ4v) is 5.81. The van der Waals surface area contributed by atoms with Gasteiger partial charge < -0.3 is 9.47 Å². The van der Waals surface area contributed by atoms with Crippen molar-refractivity contribution in [3.05, 3.63) is 59.9 Å². The number of methoxy groups -OCH3 is 1. The van der Waals surface area contributed by atoms with Gasteiger partial charge >= 0.3 is 11.9 Å². The average Bonchev–Trinajstić information content (AvgIpc) is 3.70. The van der Waals surface area contributed by atoms with Crippen molar-refractivity contribution in [2.75, 3.05) is 13.8 Å². The zero-order valence-corrected chi connectivity index (χ0v) is 20.9. The lowest BCUT2D eigenvalue weighted by Gasteiger charge is -2.20. The number of amides is 2. The van der Waals surface area contributed by atoms with Crippen molar-refractivity contribution in [2.45, 2.75) is 38.6 Å². The number of imide groups is 1. The highest BCUT2D eigenvalue weighted by atomic mass is 16.5. The highest BCUT2D eigenvalue weighted by molar-refractivity contribution is 6.06. The van der Waals surface area contributed by atoms with Crippen molar-refractivity contribution >= 4 is 23.8 Å². The maximum absolute atomic E-state index is 12.7. The van der Waals surface area contributed by atoms with Crippen LogP contribution in [0.3, 0.4) is 0 Å². The highest BCUT2D eigenvalue weighted by Crippen LogP contribution is 2.52. The first-order valence-corrected chi connectivity index (χ1v) is 12.6. The van der Waals surface area contributed by atoms with Crippen molar-refractivity contribution in [1.82, 2.24) is 19.9 Å². The number of rotatable bonds is 10. The van der Waals surface area contributed by atoms with E-state index >= 15 is 0 Å². The van der Waals surface area contributed by atoms with E-state index in [1.165, 1.54) is 7.11 Å². The zero-order chi connectivity index (χ0) is 26.1. The molecule has 2 amide bonds.